The van der Waals surface area contributed by atoms with Crippen LogP contribution >= 0.6 is 11.3 Å². The van der Waals surface area contributed by atoms with E-state index in [-0.39, 0.29) is 16.2 Å². The van der Waals surface area contributed by atoms with Crippen molar-refractivity contribution in [3.05, 3.63) is 228 Å². The first-order chi connectivity index (χ1) is 32.9. The minimum atomic E-state index is -0.0820. The molecule has 10 aromatic carbocycles. The van der Waals surface area contributed by atoms with Crippen molar-refractivity contribution in [1.29, 1.82) is 0 Å². The Labute approximate surface area is 403 Å². The third-order valence-corrected chi connectivity index (χ3v) is 17.7. The van der Waals surface area contributed by atoms with E-state index in [1.54, 1.807) is 0 Å². The Kier molecular flexibility index (Phi) is 8.13. The molecule has 0 N–H and O–H groups in total. The molecule has 1 aromatic heterocycles. The van der Waals surface area contributed by atoms with Crippen molar-refractivity contribution in [1.82, 2.24) is 0 Å². The zero-order chi connectivity index (χ0) is 45.8. The van der Waals surface area contributed by atoms with Crippen molar-refractivity contribution in [2.45, 2.75) is 57.8 Å². The topological polar surface area (TPSA) is 0 Å². The number of benzene rings is 10. The molecule has 0 aliphatic heterocycles. The number of fused-ring (bicyclic) bond motifs is 12. The average Bonchev–Trinajstić information content (AvgIpc) is 4.01. The molecule has 0 saturated carbocycles. The van der Waals surface area contributed by atoms with E-state index in [2.05, 4.69) is 236 Å². The van der Waals surface area contributed by atoms with Crippen LogP contribution in [-0.4, -0.2) is 0 Å². The SMILES string of the molecule is CC1(C)c2ccccc2-c2ccc(-c3ccc4cc5cc(-c6ccc7c(-c8ccc9c(c8)C(C)(C)c8ccccc8-9)c(-c8ccc9c(c8)C(C)(C)c8ccccc8-9)sc7c6)ccc5cc4c3)cc21. The maximum atomic E-state index is 2.50. The van der Waals surface area contributed by atoms with Crippen LogP contribution in [0.5, 0.6) is 0 Å². The summed E-state index contributed by atoms with van der Waals surface area (Å²) in [6.07, 6.45) is 0. The fourth-order valence-electron chi connectivity index (χ4n) is 12.7. The van der Waals surface area contributed by atoms with Gasteiger partial charge in [-0.05, 0) is 170 Å². The molecule has 0 spiro atoms. The van der Waals surface area contributed by atoms with Crippen molar-refractivity contribution in [3.63, 3.8) is 0 Å². The van der Waals surface area contributed by atoms with Gasteiger partial charge in [-0.2, -0.15) is 0 Å². The largest absolute Gasteiger partial charge is 0.135 e. The Morgan fingerprint density at radius 3 is 1.16 bits per heavy atom. The average molecular weight is 887 g/mol. The summed E-state index contributed by atoms with van der Waals surface area (Å²) in [7, 11) is 0. The van der Waals surface area contributed by atoms with Gasteiger partial charge in [0.25, 0.3) is 0 Å². The van der Waals surface area contributed by atoms with Gasteiger partial charge in [-0.1, -0.05) is 187 Å². The van der Waals surface area contributed by atoms with Crippen LogP contribution in [0.3, 0.4) is 0 Å². The van der Waals surface area contributed by atoms with Crippen molar-refractivity contribution in [2.24, 2.45) is 0 Å². The lowest BCUT2D eigenvalue weighted by Gasteiger charge is -2.22. The summed E-state index contributed by atoms with van der Waals surface area (Å²) < 4.78 is 1.31. The lowest BCUT2D eigenvalue weighted by atomic mass is 9.81. The molecule has 11 aromatic rings. The van der Waals surface area contributed by atoms with E-state index in [1.165, 1.54) is 142 Å². The Bertz CT molecular complexity index is 4000. The van der Waals surface area contributed by atoms with Gasteiger partial charge in [-0.3, -0.25) is 0 Å². The highest BCUT2D eigenvalue weighted by molar-refractivity contribution is 7.23. The highest BCUT2D eigenvalue weighted by atomic mass is 32.1. The molecule has 0 radical (unpaired) electrons. The molecule has 0 amide bonds. The summed E-state index contributed by atoms with van der Waals surface area (Å²) >= 11 is 1.94. The van der Waals surface area contributed by atoms with Gasteiger partial charge in [0.05, 0.1) is 0 Å². The smallest absolute Gasteiger partial charge is 0.0433 e. The fourth-order valence-corrected chi connectivity index (χ4v) is 14.0. The van der Waals surface area contributed by atoms with Gasteiger partial charge in [0.1, 0.15) is 0 Å². The monoisotopic (exact) mass is 886 g/mol. The molecule has 3 aliphatic rings. The van der Waals surface area contributed by atoms with E-state index in [0.717, 1.165) is 0 Å². The first-order valence-corrected chi connectivity index (χ1v) is 25.0. The van der Waals surface area contributed by atoms with Crippen LogP contribution in [0.4, 0.5) is 0 Å². The Morgan fingerprint density at radius 1 is 0.279 bits per heavy atom. The van der Waals surface area contributed by atoms with Gasteiger partial charge in [0.15, 0.2) is 0 Å². The fraction of sp³-hybridized carbons (Fsp3) is 0.134. The predicted octanol–water partition coefficient (Wildman–Crippen LogP) is 18.8. The van der Waals surface area contributed by atoms with Crippen molar-refractivity contribution in [2.75, 3.05) is 0 Å². The van der Waals surface area contributed by atoms with E-state index >= 15 is 0 Å². The van der Waals surface area contributed by atoms with Gasteiger partial charge in [0.2, 0.25) is 0 Å². The maximum absolute atomic E-state index is 2.50. The maximum Gasteiger partial charge on any atom is 0.0433 e. The molecule has 1 heterocycles. The van der Waals surface area contributed by atoms with Gasteiger partial charge in [0, 0.05) is 36.8 Å². The molecule has 0 nitrogen and oxygen atoms in total. The second-order valence-corrected chi connectivity index (χ2v) is 22.3. The first-order valence-electron chi connectivity index (χ1n) is 24.2. The van der Waals surface area contributed by atoms with Crippen LogP contribution in [0, 0.1) is 0 Å². The van der Waals surface area contributed by atoms with Crippen molar-refractivity contribution < 1.29 is 0 Å². The minimum Gasteiger partial charge on any atom is -0.135 e. The van der Waals surface area contributed by atoms with Crippen LogP contribution in [0.2, 0.25) is 0 Å². The van der Waals surface area contributed by atoms with Crippen LogP contribution in [0.1, 0.15) is 74.9 Å². The zero-order valence-electron chi connectivity index (χ0n) is 39.4. The third-order valence-electron chi connectivity index (χ3n) is 16.5. The van der Waals surface area contributed by atoms with Crippen molar-refractivity contribution >= 4 is 43.0 Å². The molecule has 14 rings (SSSR count). The third kappa shape index (κ3) is 5.54. The molecule has 0 saturated heterocycles. The molecule has 0 bridgehead atoms. The summed E-state index contributed by atoms with van der Waals surface area (Å²) in [5.74, 6) is 0. The molecular weight excluding hydrogens is 837 g/mol. The van der Waals surface area contributed by atoms with E-state index in [0.29, 0.717) is 0 Å². The van der Waals surface area contributed by atoms with Crippen LogP contribution in [0.15, 0.2) is 194 Å². The van der Waals surface area contributed by atoms with E-state index < -0.39 is 0 Å². The summed E-state index contributed by atoms with van der Waals surface area (Å²) in [6.45, 7) is 14.3. The number of hydrogen-bond donors (Lipinski definition) is 0. The molecule has 0 fully saturated rings. The van der Waals surface area contributed by atoms with Crippen LogP contribution in [-0.2, 0) is 16.2 Å². The summed E-state index contributed by atoms with van der Waals surface area (Å²) in [5, 5.41) is 6.36. The molecule has 324 valence electrons. The molecular formula is C67H50S. The number of rotatable bonds is 4. The normalized spacial score (nSPS) is 15.3. The Hall–Kier alpha value is -7.32. The van der Waals surface area contributed by atoms with Gasteiger partial charge < -0.3 is 0 Å². The summed E-state index contributed by atoms with van der Waals surface area (Å²) in [6, 6.07) is 74.4. The van der Waals surface area contributed by atoms with Gasteiger partial charge in [-0.25, -0.2) is 0 Å². The van der Waals surface area contributed by atoms with Crippen molar-refractivity contribution in [3.8, 4) is 77.2 Å². The summed E-state index contributed by atoms with van der Waals surface area (Å²) in [5.41, 5.74) is 25.4. The zero-order valence-corrected chi connectivity index (χ0v) is 40.2. The van der Waals surface area contributed by atoms with Gasteiger partial charge in [-0.15, -0.1) is 11.3 Å². The van der Waals surface area contributed by atoms with Crippen LogP contribution < -0.4 is 0 Å². The lowest BCUT2D eigenvalue weighted by Crippen LogP contribution is -2.15. The quantitative estimate of drug-likeness (QED) is 0.155. The molecule has 3 aliphatic carbocycles. The Balaban J connectivity index is 0.863. The highest BCUT2D eigenvalue weighted by Crippen LogP contribution is 2.55. The summed E-state index contributed by atoms with van der Waals surface area (Å²) in [4.78, 5) is 1.33. The number of thiophene rings is 1. The van der Waals surface area contributed by atoms with E-state index in [9.17, 15) is 0 Å². The second-order valence-electron chi connectivity index (χ2n) is 21.3. The molecule has 0 unspecified atom stereocenters. The standard InChI is InChI=1S/C67H50S/c1-65(2)56-16-10-7-13-49(56)52-27-23-43(35-59(52)65)39-19-21-41-34-48-32-40(20-22-42(48)33-47(41)31-39)44-24-30-55-62(38-44)68-64(46-26-29-54-51-15-9-12-18-58(51)67(5,6)61(54)37-46)63(55)45-25-28-53-50-14-8-11-17-57(50)66(3,4)60(53)36-45/h7-38H,1-6H3. The van der Waals surface area contributed by atoms with Crippen LogP contribution in [0.25, 0.3) is 109 Å². The van der Waals surface area contributed by atoms with E-state index in [4.69, 9.17) is 0 Å². The van der Waals surface area contributed by atoms with E-state index in [1.807, 2.05) is 11.3 Å². The van der Waals surface area contributed by atoms with Gasteiger partial charge >= 0.3 is 0 Å². The molecule has 1 heteroatoms. The molecule has 68 heavy (non-hydrogen) atoms. The minimum absolute atomic E-state index is 0.0222. The predicted molar refractivity (Wildman–Crippen MR) is 291 cm³/mol. The lowest BCUT2D eigenvalue weighted by molar-refractivity contribution is 0.660. The number of hydrogen-bond acceptors (Lipinski definition) is 1. The highest BCUT2D eigenvalue weighted by Gasteiger charge is 2.38. The second kappa shape index (κ2) is 13.9. The Morgan fingerprint density at radius 2 is 0.647 bits per heavy atom. The first kappa shape index (κ1) is 39.8. The molecule has 0 atom stereocenters.